The van der Waals surface area contributed by atoms with Crippen LogP contribution in [0.5, 0.6) is 0 Å². The molecule has 0 bridgehead atoms. The predicted molar refractivity (Wildman–Crippen MR) is 117 cm³/mol. The quantitative estimate of drug-likeness (QED) is 0.559. The number of aliphatic imine (C=N–C) groups is 1. The van der Waals surface area contributed by atoms with E-state index in [0.29, 0.717) is 6.10 Å². The molecule has 7 heteroatoms. The standard InChI is InChI=1S/C23H33FN4O2/c1-25-23(26-10-7-17-15-27-22-14-18(24)5-6-21(17)22)28-11-8-19(9-12-28)30-16-20-4-2-3-13-29-20/h5-6,14-15,19-20,27H,2-4,7-13,16H2,1H3,(H,25,26). The smallest absolute Gasteiger partial charge is 0.193 e. The zero-order valence-corrected chi connectivity index (χ0v) is 17.8. The number of hydrogen-bond acceptors (Lipinski definition) is 3. The molecule has 6 nitrogen and oxygen atoms in total. The zero-order chi connectivity index (χ0) is 20.8. The van der Waals surface area contributed by atoms with E-state index in [2.05, 4.69) is 20.2 Å². The molecule has 0 amide bonds. The topological polar surface area (TPSA) is 61.9 Å². The van der Waals surface area contributed by atoms with Crippen LogP contribution < -0.4 is 5.32 Å². The Kier molecular flexibility index (Phi) is 7.23. The first kappa shape index (κ1) is 21.1. The number of nitrogens with zero attached hydrogens (tertiary/aromatic N) is 2. The molecular weight excluding hydrogens is 383 g/mol. The van der Waals surface area contributed by atoms with Crippen LogP contribution in [0.3, 0.4) is 0 Å². The fraction of sp³-hybridized carbons (Fsp3) is 0.609. The van der Waals surface area contributed by atoms with Crippen molar-refractivity contribution in [3.05, 3.63) is 35.8 Å². The largest absolute Gasteiger partial charge is 0.376 e. The first-order chi connectivity index (χ1) is 14.7. The van der Waals surface area contributed by atoms with Gasteiger partial charge in [-0.05, 0) is 62.3 Å². The van der Waals surface area contributed by atoms with Gasteiger partial charge in [0.15, 0.2) is 5.96 Å². The van der Waals surface area contributed by atoms with Gasteiger partial charge in [0.25, 0.3) is 0 Å². The third-order valence-corrected chi connectivity index (χ3v) is 6.15. The summed E-state index contributed by atoms with van der Waals surface area (Å²) in [5.74, 6) is 0.725. The summed E-state index contributed by atoms with van der Waals surface area (Å²) in [6.07, 6.45) is 9.01. The highest BCUT2D eigenvalue weighted by atomic mass is 19.1. The third kappa shape index (κ3) is 5.32. The fourth-order valence-corrected chi connectivity index (χ4v) is 4.42. The number of likely N-dealkylation sites (tertiary alicyclic amines) is 1. The highest BCUT2D eigenvalue weighted by Gasteiger charge is 2.23. The van der Waals surface area contributed by atoms with Gasteiger partial charge < -0.3 is 24.7 Å². The van der Waals surface area contributed by atoms with Crippen LogP contribution in [0.15, 0.2) is 29.4 Å². The number of rotatable bonds is 6. The van der Waals surface area contributed by atoms with E-state index >= 15 is 0 Å². The molecule has 1 aromatic heterocycles. The summed E-state index contributed by atoms with van der Waals surface area (Å²) in [6, 6.07) is 4.89. The molecule has 1 unspecified atom stereocenters. The molecule has 0 radical (unpaired) electrons. The first-order valence-electron chi connectivity index (χ1n) is 11.2. The van der Waals surface area contributed by atoms with Crippen LogP contribution in [-0.4, -0.2) is 67.9 Å². The SMILES string of the molecule is CN=C(NCCc1c[nH]c2cc(F)ccc12)N1CCC(OCC2CCCCO2)CC1. The number of halogens is 1. The second-order valence-electron chi connectivity index (χ2n) is 8.24. The van der Waals surface area contributed by atoms with Crippen LogP contribution in [0.25, 0.3) is 10.9 Å². The molecule has 164 valence electrons. The molecule has 0 spiro atoms. The van der Waals surface area contributed by atoms with Crippen molar-refractivity contribution in [2.24, 2.45) is 4.99 Å². The van der Waals surface area contributed by atoms with Gasteiger partial charge in [-0.3, -0.25) is 4.99 Å². The summed E-state index contributed by atoms with van der Waals surface area (Å²) in [7, 11) is 1.83. The monoisotopic (exact) mass is 416 g/mol. The first-order valence-corrected chi connectivity index (χ1v) is 11.2. The predicted octanol–water partition coefficient (Wildman–Crippen LogP) is 3.48. The van der Waals surface area contributed by atoms with Crippen LogP contribution in [0.4, 0.5) is 4.39 Å². The maximum atomic E-state index is 13.4. The number of H-pyrrole nitrogens is 1. The summed E-state index contributed by atoms with van der Waals surface area (Å²) in [5.41, 5.74) is 2.03. The van der Waals surface area contributed by atoms with Gasteiger partial charge in [0, 0.05) is 50.4 Å². The minimum atomic E-state index is -0.215. The molecule has 4 rings (SSSR count). The van der Waals surface area contributed by atoms with E-state index in [-0.39, 0.29) is 11.9 Å². The van der Waals surface area contributed by atoms with E-state index in [1.165, 1.54) is 30.5 Å². The van der Waals surface area contributed by atoms with Crippen molar-refractivity contribution in [2.45, 2.75) is 50.7 Å². The van der Waals surface area contributed by atoms with Gasteiger partial charge in [0.05, 0.1) is 18.8 Å². The maximum absolute atomic E-state index is 13.4. The third-order valence-electron chi connectivity index (χ3n) is 6.15. The van der Waals surface area contributed by atoms with Crippen molar-refractivity contribution >= 4 is 16.9 Å². The maximum Gasteiger partial charge on any atom is 0.193 e. The lowest BCUT2D eigenvalue weighted by Crippen LogP contribution is -2.47. The van der Waals surface area contributed by atoms with Crippen LogP contribution in [0, 0.1) is 5.82 Å². The van der Waals surface area contributed by atoms with Gasteiger partial charge in [-0.1, -0.05) is 0 Å². The van der Waals surface area contributed by atoms with Crippen molar-refractivity contribution in [1.82, 2.24) is 15.2 Å². The lowest BCUT2D eigenvalue weighted by atomic mass is 10.1. The van der Waals surface area contributed by atoms with E-state index in [4.69, 9.17) is 9.47 Å². The van der Waals surface area contributed by atoms with Crippen molar-refractivity contribution in [3.63, 3.8) is 0 Å². The summed E-state index contributed by atoms with van der Waals surface area (Å²) >= 11 is 0. The molecule has 2 N–H and O–H groups in total. The lowest BCUT2D eigenvalue weighted by Gasteiger charge is -2.35. The average molecular weight is 417 g/mol. The molecule has 2 aliphatic heterocycles. The zero-order valence-electron chi connectivity index (χ0n) is 17.8. The minimum Gasteiger partial charge on any atom is -0.376 e. The number of ether oxygens (including phenoxy) is 2. The molecule has 0 aliphatic carbocycles. The van der Waals surface area contributed by atoms with E-state index in [1.54, 1.807) is 0 Å². The fourth-order valence-electron chi connectivity index (χ4n) is 4.42. The van der Waals surface area contributed by atoms with Gasteiger partial charge in [0.1, 0.15) is 5.82 Å². The van der Waals surface area contributed by atoms with Crippen molar-refractivity contribution in [3.8, 4) is 0 Å². The van der Waals surface area contributed by atoms with Crippen molar-refractivity contribution in [1.29, 1.82) is 0 Å². The molecule has 2 saturated heterocycles. The molecule has 2 fully saturated rings. The molecule has 2 aliphatic rings. The van der Waals surface area contributed by atoms with E-state index < -0.39 is 0 Å². The number of piperidine rings is 1. The number of nitrogens with one attached hydrogen (secondary N) is 2. The molecule has 2 aromatic rings. The number of hydrogen-bond donors (Lipinski definition) is 2. The van der Waals surface area contributed by atoms with Gasteiger partial charge >= 0.3 is 0 Å². The van der Waals surface area contributed by atoms with Gasteiger partial charge in [-0.2, -0.15) is 0 Å². The highest BCUT2D eigenvalue weighted by Crippen LogP contribution is 2.20. The molecule has 3 heterocycles. The van der Waals surface area contributed by atoms with Crippen molar-refractivity contribution < 1.29 is 13.9 Å². The molecule has 1 aromatic carbocycles. The lowest BCUT2D eigenvalue weighted by molar-refractivity contribution is -0.0721. The summed E-state index contributed by atoms with van der Waals surface area (Å²) in [6.45, 7) is 4.28. The second kappa shape index (κ2) is 10.3. The van der Waals surface area contributed by atoms with Gasteiger partial charge in [0.2, 0.25) is 0 Å². The Labute approximate surface area is 177 Å². The van der Waals surface area contributed by atoms with Gasteiger partial charge in [-0.25, -0.2) is 4.39 Å². The number of aromatic amines is 1. The normalized spacial score (nSPS) is 21.3. The Morgan fingerprint density at radius 2 is 2.17 bits per heavy atom. The Bertz CT molecular complexity index is 839. The summed E-state index contributed by atoms with van der Waals surface area (Å²) in [4.78, 5) is 9.92. The van der Waals surface area contributed by atoms with E-state index in [0.717, 1.165) is 75.4 Å². The van der Waals surface area contributed by atoms with Crippen LogP contribution >= 0.6 is 0 Å². The Balaban J connectivity index is 1.20. The van der Waals surface area contributed by atoms with Crippen LogP contribution in [-0.2, 0) is 15.9 Å². The minimum absolute atomic E-state index is 0.215. The van der Waals surface area contributed by atoms with Gasteiger partial charge in [-0.15, -0.1) is 0 Å². The van der Waals surface area contributed by atoms with Crippen LogP contribution in [0.1, 0.15) is 37.7 Å². The highest BCUT2D eigenvalue weighted by molar-refractivity contribution is 5.83. The number of benzene rings is 1. The second-order valence-corrected chi connectivity index (χ2v) is 8.24. The molecule has 30 heavy (non-hydrogen) atoms. The number of fused-ring (bicyclic) bond motifs is 1. The Morgan fingerprint density at radius 1 is 1.30 bits per heavy atom. The Hall–Kier alpha value is -2.12. The average Bonchev–Trinajstić information content (AvgIpc) is 3.18. The summed E-state index contributed by atoms with van der Waals surface area (Å²) < 4.78 is 25.2. The summed E-state index contributed by atoms with van der Waals surface area (Å²) in [5, 5.41) is 4.56. The number of aromatic nitrogens is 1. The number of guanidine groups is 1. The molecular formula is C23H33FN4O2. The van der Waals surface area contributed by atoms with Crippen molar-refractivity contribution in [2.75, 3.05) is 39.9 Å². The van der Waals surface area contributed by atoms with Crippen LogP contribution in [0.2, 0.25) is 0 Å². The van der Waals surface area contributed by atoms with E-state index in [1.807, 2.05) is 19.3 Å². The molecule has 0 saturated carbocycles. The Morgan fingerprint density at radius 3 is 2.93 bits per heavy atom. The van der Waals surface area contributed by atoms with E-state index in [9.17, 15) is 4.39 Å². The molecule has 1 atom stereocenters.